The molecule has 0 aliphatic carbocycles. The van der Waals surface area contributed by atoms with Crippen LogP contribution in [-0.4, -0.2) is 54.4 Å². The molecule has 2 N–H and O–H groups in total. The maximum absolute atomic E-state index is 11.6. The molecule has 0 aromatic carbocycles. The second-order valence-electron chi connectivity index (χ2n) is 3.99. The summed E-state index contributed by atoms with van der Waals surface area (Å²) in [6.07, 6.45) is 0. The molecule has 0 saturated heterocycles. The minimum absolute atomic E-state index is 0.156. The predicted molar refractivity (Wildman–Crippen MR) is 59.0 cm³/mol. The van der Waals surface area contributed by atoms with Crippen molar-refractivity contribution in [3.8, 4) is 0 Å². The van der Waals surface area contributed by atoms with Gasteiger partial charge in [-0.2, -0.15) is 0 Å². The van der Waals surface area contributed by atoms with E-state index in [9.17, 15) is 9.59 Å². The molecule has 2 amide bonds. The van der Waals surface area contributed by atoms with Gasteiger partial charge in [-0.25, -0.2) is 4.79 Å². The standard InChI is InChI=1S/C10H20N2O4/c1-5-16-8(14)6-11-9(15)12(4)10(2,3)7-13/h13H,5-7H2,1-4H3,(H,11,15). The summed E-state index contributed by atoms with van der Waals surface area (Å²) in [7, 11) is 1.55. The number of nitrogens with zero attached hydrogens (tertiary/aromatic N) is 1. The van der Waals surface area contributed by atoms with E-state index in [-0.39, 0.29) is 19.8 Å². The summed E-state index contributed by atoms with van der Waals surface area (Å²) in [5, 5.41) is 11.5. The Labute approximate surface area is 95.6 Å². The number of urea groups is 1. The summed E-state index contributed by atoms with van der Waals surface area (Å²) in [6, 6.07) is -0.424. The zero-order chi connectivity index (χ0) is 12.8. The summed E-state index contributed by atoms with van der Waals surface area (Å²) < 4.78 is 4.66. The molecule has 0 aliphatic rings. The highest BCUT2D eigenvalue weighted by molar-refractivity contribution is 5.81. The summed E-state index contributed by atoms with van der Waals surface area (Å²) in [5.74, 6) is -0.481. The summed E-state index contributed by atoms with van der Waals surface area (Å²) in [6.45, 7) is 5.09. The molecule has 0 atom stereocenters. The molecule has 0 aromatic heterocycles. The van der Waals surface area contributed by atoms with Gasteiger partial charge in [-0.3, -0.25) is 4.79 Å². The van der Waals surface area contributed by atoms with Crippen LogP contribution in [0, 0.1) is 0 Å². The van der Waals surface area contributed by atoms with Crippen molar-refractivity contribution in [3.05, 3.63) is 0 Å². The Kier molecular flexibility index (Phi) is 5.81. The van der Waals surface area contributed by atoms with Crippen molar-refractivity contribution in [1.82, 2.24) is 10.2 Å². The Hall–Kier alpha value is -1.30. The molecule has 16 heavy (non-hydrogen) atoms. The number of hydrogen-bond acceptors (Lipinski definition) is 4. The van der Waals surface area contributed by atoms with Crippen molar-refractivity contribution in [3.63, 3.8) is 0 Å². The number of likely N-dealkylation sites (N-methyl/N-ethyl adjacent to an activating group) is 1. The van der Waals surface area contributed by atoms with Gasteiger partial charge in [0.2, 0.25) is 0 Å². The first-order valence-corrected chi connectivity index (χ1v) is 5.13. The van der Waals surface area contributed by atoms with E-state index in [1.165, 1.54) is 4.90 Å². The van der Waals surface area contributed by atoms with Crippen LogP contribution in [0.4, 0.5) is 4.79 Å². The van der Waals surface area contributed by atoms with Gasteiger partial charge in [-0.15, -0.1) is 0 Å². The van der Waals surface area contributed by atoms with E-state index in [1.807, 2.05) is 0 Å². The van der Waals surface area contributed by atoms with Crippen LogP contribution >= 0.6 is 0 Å². The molecule has 0 aromatic rings. The maximum atomic E-state index is 11.6. The monoisotopic (exact) mass is 232 g/mol. The fraction of sp³-hybridized carbons (Fsp3) is 0.800. The fourth-order valence-electron chi connectivity index (χ4n) is 0.859. The van der Waals surface area contributed by atoms with Crippen LogP contribution in [0.3, 0.4) is 0 Å². The van der Waals surface area contributed by atoms with E-state index >= 15 is 0 Å². The Morgan fingerprint density at radius 3 is 2.44 bits per heavy atom. The van der Waals surface area contributed by atoms with Gasteiger partial charge in [0, 0.05) is 7.05 Å². The number of ether oxygens (including phenoxy) is 1. The molecule has 0 spiro atoms. The molecule has 6 nitrogen and oxygen atoms in total. The largest absolute Gasteiger partial charge is 0.465 e. The van der Waals surface area contributed by atoms with Gasteiger partial charge in [0.05, 0.1) is 18.8 Å². The smallest absolute Gasteiger partial charge is 0.325 e. The van der Waals surface area contributed by atoms with Gasteiger partial charge < -0.3 is 20.1 Å². The van der Waals surface area contributed by atoms with Gasteiger partial charge in [-0.1, -0.05) is 0 Å². The molecule has 0 radical (unpaired) electrons. The lowest BCUT2D eigenvalue weighted by molar-refractivity contribution is -0.141. The molecular weight excluding hydrogens is 212 g/mol. The van der Waals surface area contributed by atoms with Crippen LogP contribution in [0.2, 0.25) is 0 Å². The average molecular weight is 232 g/mol. The van der Waals surface area contributed by atoms with E-state index in [4.69, 9.17) is 5.11 Å². The zero-order valence-electron chi connectivity index (χ0n) is 10.2. The SMILES string of the molecule is CCOC(=O)CNC(=O)N(C)C(C)(C)CO. The van der Waals surface area contributed by atoms with Crippen LogP contribution < -0.4 is 5.32 Å². The summed E-state index contributed by atoms with van der Waals surface area (Å²) in [4.78, 5) is 23.9. The van der Waals surface area contributed by atoms with Crippen LogP contribution in [0.15, 0.2) is 0 Å². The third-order valence-corrected chi connectivity index (χ3v) is 2.29. The third-order valence-electron chi connectivity index (χ3n) is 2.29. The molecule has 0 fully saturated rings. The van der Waals surface area contributed by atoms with Crippen molar-refractivity contribution >= 4 is 12.0 Å². The predicted octanol–water partition coefficient (Wildman–Crippen LogP) is -0.0382. The first kappa shape index (κ1) is 14.7. The minimum Gasteiger partial charge on any atom is -0.465 e. The zero-order valence-corrected chi connectivity index (χ0v) is 10.2. The van der Waals surface area contributed by atoms with Crippen molar-refractivity contribution in [2.75, 3.05) is 26.8 Å². The Morgan fingerprint density at radius 2 is 2.00 bits per heavy atom. The molecule has 0 aliphatic heterocycles. The number of carbonyl (C=O) groups excluding carboxylic acids is 2. The number of carbonyl (C=O) groups is 2. The van der Waals surface area contributed by atoms with Crippen molar-refractivity contribution in [2.45, 2.75) is 26.3 Å². The van der Waals surface area contributed by atoms with E-state index in [0.717, 1.165) is 0 Å². The van der Waals surface area contributed by atoms with Crippen LogP contribution in [0.1, 0.15) is 20.8 Å². The van der Waals surface area contributed by atoms with Crippen LogP contribution in [0.5, 0.6) is 0 Å². The van der Waals surface area contributed by atoms with Gasteiger partial charge in [0.15, 0.2) is 0 Å². The van der Waals surface area contributed by atoms with E-state index in [0.29, 0.717) is 0 Å². The molecule has 0 heterocycles. The van der Waals surface area contributed by atoms with Crippen molar-refractivity contribution < 1.29 is 19.4 Å². The topological polar surface area (TPSA) is 78.9 Å². The lowest BCUT2D eigenvalue weighted by Crippen LogP contribution is -2.52. The summed E-state index contributed by atoms with van der Waals surface area (Å²) >= 11 is 0. The first-order chi connectivity index (χ1) is 7.35. The molecule has 6 heteroatoms. The second-order valence-corrected chi connectivity index (χ2v) is 3.99. The maximum Gasteiger partial charge on any atom is 0.325 e. The molecule has 0 unspecified atom stereocenters. The van der Waals surface area contributed by atoms with Gasteiger partial charge in [-0.05, 0) is 20.8 Å². The molecule has 0 rings (SSSR count). The molecule has 94 valence electrons. The second kappa shape index (κ2) is 6.32. The number of amides is 2. The highest BCUT2D eigenvalue weighted by Crippen LogP contribution is 2.10. The number of nitrogens with one attached hydrogen (secondary N) is 1. The normalized spacial score (nSPS) is 10.8. The molecule has 0 saturated carbocycles. The quantitative estimate of drug-likeness (QED) is 0.652. The number of aliphatic hydroxyl groups excluding tert-OH is 1. The van der Waals surface area contributed by atoms with Gasteiger partial charge in [0.25, 0.3) is 0 Å². The van der Waals surface area contributed by atoms with Crippen molar-refractivity contribution in [1.29, 1.82) is 0 Å². The Balaban J connectivity index is 4.12. The minimum atomic E-state index is -0.668. The lowest BCUT2D eigenvalue weighted by Gasteiger charge is -2.33. The number of aliphatic hydroxyl groups is 1. The number of rotatable bonds is 5. The van der Waals surface area contributed by atoms with Gasteiger partial charge >= 0.3 is 12.0 Å². The number of hydrogen-bond donors (Lipinski definition) is 2. The fourth-order valence-corrected chi connectivity index (χ4v) is 0.859. The van der Waals surface area contributed by atoms with E-state index in [2.05, 4.69) is 10.1 Å². The first-order valence-electron chi connectivity index (χ1n) is 5.13. The summed E-state index contributed by atoms with van der Waals surface area (Å²) in [5.41, 5.74) is -0.668. The van der Waals surface area contributed by atoms with E-state index in [1.54, 1.807) is 27.8 Å². The Bertz CT molecular complexity index is 253. The highest BCUT2D eigenvalue weighted by atomic mass is 16.5. The van der Waals surface area contributed by atoms with Crippen LogP contribution in [-0.2, 0) is 9.53 Å². The van der Waals surface area contributed by atoms with E-state index < -0.39 is 17.5 Å². The Morgan fingerprint density at radius 1 is 1.44 bits per heavy atom. The number of esters is 1. The van der Waals surface area contributed by atoms with Crippen LogP contribution in [0.25, 0.3) is 0 Å². The highest BCUT2D eigenvalue weighted by Gasteiger charge is 2.26. The average Bonchev–Trinajstić information content (AvgIpc) is 2.25. The third kappa shape index (κ3) is 4.48. The molecule has 0 bridgehead atoms. The molecular formula is C10H20N2O4. The lowest BCUT2D eigenvalue weighted by atomic mass is 10.1. The van der Waals surface area contributed by atoms with Gasteiger partial charge in [0.1, 0.15) is 6.54 Å². The van der Waals surface area contributed by atoms with Crippen molar-refractivity contribution in [2.24, 2.45) is 0 Å².